The van der Waals surface area contributed by atoms with Crippen LogP contribution in [0.25, 0.3) is 0 Å². The molecule has 5 nitrogen and oxygen atoms in total. The number of aliphatic carboxylic acids is 1. The summed E-state index contributed by atoms with van der Waals surface area (Å²) in [6.45, 7) is 4.81. The number of hydrogen-bond acceptors (Lipinski definition) is 3. The minimum atomic E-state index is -0.698. The van der Waals surface area contributed by atoms with Crippen LogP contribution in [0.15, 0.2) is 12.5 Å². The summed E-state index contributed by atoms with van der Waals surface area (Å²) in [6, 6.07) is 0.177. The number of carboxylic acids is 1. The molecule has 0 bridgehead atoms. The smallest absolute Gasteiger partial charge is 0.304 e. The maximum absolute atomic E-state index is 10.9. The van der Waals surface area contributed by atoms with Gasteiger partial charge < -0.3 is 9.67 Å². The van der Waals surface area contributed by atoms with Crippen LogP contribution in [0.1, 0.15) is 38.3 Å². The van der Waals surface area contributed by atoms with Crippen LogP contribution in [0, 0.1) is 0 Å². The first-order valence-corrected chi connectivity index (χ1v) is 6.65. The van der Waals surface area contributed by atoms with Crippen molar-refractivity contribution in [2.75, 3.05) is 6.54 Å². The van der Waals surface area contributed by atoms with Crippen LogP contribution >= 0.6 is 0 Å². The predicted octanol–water partition coefficient (Wildman–Crippen LogP) is 1.73. The number of imidazole rings is 1. The maximum atomic E-state index is 10.9. The molecule has 1 aromatic rings. The van der Waals surface area contributed by atoms with Gasteiger partial charge in [-0.05, 0) is 26.3 Å². The molecule has 0 aliphatic carbocycles. The van der Waals surface area contributed by atoms with E-state index in [1.54, 1.807) is 0 Å². The van der Waals surface area contributed by atoms with E-state index in [4.69, 9.17) is 5.11 Å². The van der Waals surface area contributed by atoms with Crippen LogP contribution in [0.4, 0.5) is 0 Å². The van der Waals surface area contributed by atoms with Crippen molar-refractivity contribution in [3.63, 3.8) is 0 Å². The highest BCUT2D eigenvalue weighted by Gasteiger charge is 2.25. The molecule has 0 spiro atoms. The van der Waals surface area contributed by atoms with E-state index in [9.17, 15) is 4.79 Å². The molecule has 1 fully saturated rings. The standard InChI is InChI=1S/C13H21N3O2/c1-2-15-10-14-8-12(15)9-16-6-4-3-5-11(16)7-13(17)18/h8,10-11H,2-7,9H2,1H3,(H,17,18). The first-order valence-electron chi connectivity index (χ1n) is 6.65. The number of rotatable bonds is 5. The van der Waals surface area contributed by atoms with Gasteiger partial charge >= 0.3 is 5.97 Å². The minimum Gasteiger partial charge on any atom is -0.481 e. The minimum absolute atomic E-state index is 0.177. The molecule has 1 aliphatic rings. The summed E-state index contributed by atoms with van der Waals surface area (Å²) in [6.07, 6.45) is 7.27. The van der Waals surface area contributed by atoms with Gasteiger partial charge in [0, 0.05) is 25.3 Å². The van der Waals surface area contributed by atoms with E-state index in [0.717, 1.165) is 38.9 Å². The molecule has 0 aromatic carbocycles. The molecule has 0 radical (unpaired) electrons. The van der Waals surface area contributed by atoms with Crippen LogP contribution in [0.3, 0.4) is 0 Å². The average molecular weight is 251 g/mol. The van der Waals surface area contributed by atoms with E-state index in [1.807, 2.05) is 12.5 Å². The van der Waals surface area contributed by atoms with Crippen LogP contribution < -0.4 is 0 Å². The van der Waals surface area contributed by atoms with Gasteiger partial charge in [-0.2, -0.15) is 0 Å². The van der Waals surface area contributed by atoms with Crippen molar-refractivity contribution < 1.29 is 9.90 Å². The highest BCUT2D eigenvalue weighted by atomic mass is 16.4. The Balaban J connectivity index is 2.03. The third-order valence-electron chi connectivity index (χ3n) is 3.66. The quantitative estimate of drug-likeness (QED) is 0.866. The maximum Gasteiger partial charge on any atom is 0.304 e. The molecule has 0 saturated carbocycles. The topological polar surface area (TPSA) is 58.4 Å². The van der Waals surface area contributed by atoms with Crippen LogP contribution in [-0.2, 0) is 17.9 Å². The zero-order valence-corrected chi connectivity index (χ0v) is 10.9. The molecule has 1 atom stereocenters. The summed E-state index contributed by atoms with van der Waals surface area (Å²) in [4.78, 5) is 17.4. The van der Waals surface area contributed by atoms with E-state index < -0.39 is 5.97 Å². The van der Waals surface area contributed by atoms with Gasteiger partial charge in [-0.3, -0.25) is 9.69 Å². The Morgan fingerprint density at radius 1 is 1.56 bits per heavy atom. The van der Waals surface area contributed by atoms with Gasteiger partial charge in [0.1, 0.15) is 0 Å². The summed E-state index contributed by atoms with van der Waals surface area (Å²) >= 11 is 0. The average Bonchev–Trinajstić information content (AvgIpc) is 2.78. The number of aryl methyl sites for hydroxylation is 1. The molecule has 18 heavy (non-hydrogen) atoms. The highest BCUT2D eigenvalue weighted by molar-refractivity contribution is 5.67. The van der Waals surface area contributed by atoms with E-state index in [1.165, 1.54) is 5.69 Å². The van der Waals surface area contributed by atoms with E-state index in [-0.39, 0.29) is 12.5 Å². The zero-order valence-electron chi connectivity index (χ0n) is 10.9. The summed E-state index contributed by atoms with van der Waals surface area (Å²) in [5.74, 6) is -0.698. The van der Waals surface area contributed by atoms with Crippen molar-refractivity contribution in [3.8, 4) is 0 Å². The molecular weight excluding hydrogens is 230 g/mol. The summed E-state index contributed by atoms with van der Waals surface area (Å²) < 4.78 is 2.12. The van der Waals surface area contributed by atoms with E-state index in [2.05, 4.69) is 21.4 Å². The highest BCUT2D eigenvalue weighted by Crippen LogP contribution is 2.21. The van der Waals surface area contributed by atoms with Gasteiger partial charge in [0.25, 0.3) is 0 Å². The second-order valence-corrected chi connectivity index (χ2v) is 4.89. The normalized spacial score (nSPS) is 21.1. The largest absolute Gasteiger partial charge is 0.481 e. The number of hydrogen-bond donors (Lipinski definition) is 1. The molecule has 1 N–H and O–H groups in total. The molecule has 1 aliphatic heterocycles. The second kappa shape index (κ2) is 6.00. The first-order chi connectivity index (χ1) is 8.70. The van der Waals surface area contributed by atoms with Crippen molar-refractivity contribution in [1.29, 1.82) is 0 Å². The predicted molar refractivity (Wildman–Crippen MR) is 68.2 cm³/mol. The Kier molecular flexibility index (Phi) is 4.36. The zero-order chi connectivity index (χ0) is 13.0. The van der Waals surface area contributed by atoms with E-state index in [0.29, 0.717) is 0 Å². The van der Waals surface area contributed by atoms with Gasteiger partial charge in [0.05, 0.1) is 18.4 Å². The lowest BCUT2D eigenvalue weighted by molar-refractivity contribution is -0.138. The Morgan fingerprint density at radius 3 is 3.11 bits per heavy atom. The molecule has 2 heterocycles. The van der Waals surface area contributed by atoms with Gasteiger partial charge in [0.2, 0.25) is 0 Å². The molecule has 1 unspecified atom stereocenters. The lowest BCUT2D eigenvalue weighted by atomic mass is 9.99. The Hall–Kier alpha value is -1.36. The number of nitrogens with zero attached hydrogens (tertiary/aromatic N) is 3. The van der Waals surface area contributed by atoms with E-state index >= 15 is 0 Å². The molecule has 1 aromatic heterocycles. The van der Waals surface area contributed by atoms with Crippen molar-refractivity contribution in [2.24, 2.45) is 0 Å². The number of carboxylic acid groups (broad SMARTS) is 1. The van der Waals surface area contributed by atoms with Crippen molar-refractivity contribution in [2.45, 2.75) is 51.7 Å². The lowest BCUT2D eigenvalue weighted by Gasteiger charge is -2.34. The summed E-state index contributed by atoms with van der Waals surface area (Å²) in [7, 11) is 0. The van der Waals surface area contributed by atoms with Crippen LogP contribution in [0.2, 0.25) is 0 Å². The fourth-order valence-corrected chi connectivity index (χ4v) is 2.67. The molecule has 100 valence electrons. The Bertz CT molecular complexity index is 403. The second-order valence-electron chi connectivity index (χ2n) is 4.89. The van der Waals surface area contributed by atoms with Crippen LogP contribution in [-0.4, -0.2) is 38.1 Å². The summed E-state index contributed by atoms with van der Waals surface area (Å²) in [5, 5.41) is 8.97. The fourth-order valence-electron chi connectivity index (χ4n) is 2.67. The Morgan fingerprint density at radius 2 is 2.39 bits per heavy atom. The fraction of sp³-hybridized carbons (Fsp3) is 0.692. The molecule has 5 heteroatoms. The third kappa shape index (κ3) is 3.10. The molecule has 1 saturated heterocycles. The lowest BCUT2D eigenvalue weighted by Crippen LogP contribution is -2.40. The van der Waals surface area contributed by atoms with Gasteiger partial charge in [-0.25, -0.2) is 4.98 Å². The van der Waals surface area contributed by atoms with Crippen molar-refractivity contribution in [1.82, 2.24) is 14.5 Å². The van der Waals surface area contributed by atoms with Crippen LogP contribution in [0.5, 0.6) is 0 Å². The molecule has 0 amide bonds. The number of aromatic nitrogens is 2. The first kappa shape index (κ1) is 13.1. The van der Waals surface area contributed by atoms with Crippen molar-refractivity contribution in [3.05, 3.63) is 18.2 Å². The van der Waals surface area contributed by atoms with Gasteiger partial charge in [-0.1, -0.05) is 6.42 Å². The van der Waals surface area contributed by atoms with Crippen molar-refractivity contribution >= 4 is 5.97 Å². The number of piperidine rings is 1. The van der Waals surface area contributed by atoms with Gasteiger partial charge in [0.15, 0.2) is 0 Å². The third-order valence-corrected chi connectivity index (χ3v) is 3.66. The number of carbonyl (C=O) groups is 1. The SMILES string of the molecule is CCn1cncc1CN1CCCCC1CC(=O)O. The molecular formula is C13H21N3O2. The monoisotopic (exact) mass is 251 g/mol. The summed E-state index contributed by atoms with van der Waals surface area (Å²) in [5.41, 5.74) is 1.18. The number of likely N-dealkylation sites (tertiary alicyclic amines) is 1. The van der Waals surface area contributed by atoms with Gasteiger partial charge in [-0.15, -0.1) is 0 Å². The Labute approximate surface area is 107 Å². The molecule has 2 rings (SSSR count).